The van der Waals surface area contributed by atoms with Crippen LogP contribution in [0, 0.1) is 17.8 Å². The van der Waals surface area contributed by atoms with Gasteiger partial charge in [-0.05, 0) is 55.9 Å². The summed E-state index contributed by atoms with van der Waals surface area (Å²) in [5.41, 5.74) is 3.56. The van der Waals surface area contributed by atoms with Gasteiger partial charge >= 0.3 is 6.09 Å². The molecule has 1 aromatic carbocycles. The van der Waals surface area contributed by atoms with Crippen molar-refractivity contribution >= 4 is 29.5 Å². The highest BCUT2D eigenvalue weighted by Crippen LogP contribution is 2.41. The van der Waals surface area contributed by atoms with E-state index in [1.165, 1.54) is 15.9 Å². The highest BCUT2D eigenvalue weighted by atomic mass is 16.6. The Kier molecular flexibility index (Phi) is 5.67. The first-order valence-electron chi connectivity index (χ1n) is 12.6. The van der Waals surface area contributed by atoms with Gasteiger partial charge in [0.2, 0.25) is 11.8 Å². The van der Waals surface area contributed by atoms with Crippen molar-refractivity contribution in [2.45, 2.75) is 57.0 Å². The quantitative estimate of drug-likeness (QED) is 0.513. The van der Waals surface area contributed by atoms with Crippen LogP contribution in [-0.4, -0.2) is 46.8 Å². The van der Waals surface area contributed by atoms with Gasteiger partial charge in [-0.1, -0.05) is 17.9 Å². The lowest BCUT2D eigenvalue weighted by atomic mass is 10.0. The molecule has 2 aliphatic heterocycles. The first-order valence-corrected chi connectivity index (χ1v) is 12.6. The fourth-order valence-electron chi connectivity index (χ4n) is 4.71. The lowest BCUT2D eigenvalue weighted by Crippen LogP contribution is -2.52. The van der Waals surface area contributed by atoms with Crippen LogP contribution in [0.3, 0.4) is 0 Å². The lowest BCUT2D eigenvalue weighted by molar-refractivity contribution is -0.136. The molecule has 3 heterocycles. The van der Waals surface area contributed by atoms with Crippen LogP contribution in [0.4, 0.5) is 10.5 Å². The van der Waals surface area contributed by atoms with E-state index in [9.17, 15) is 19.2 Å². The maximum atomic E-state index is 13.0. The van der Waals surface area contributed by atoms with Crippen molar-refractivity contribution < 1.29 is 23.9 Å². The van der Waals surface area contributed by atoms with Crippen molar-refractivity contribution in [3.8, 4) is 17.6 Å². The number of pyridine rings is 1. The van der Waals surface area contributed by atoms with E-state index in [0.29, 0.717) is 23.1 Å². The monoisotopic (exact) mass is 498 g/mol. The Labute approximate surface area is 214 Å². The van der Waals surface area contributed by atoms with E-state index >= 15 is 0 Å². The molecular weight excluding hydrogens is 472 g/mol. The van der Waals surface area contributed by atoms with Gasteiger partial charge < -0.3 is 9.64 Å². The minimum absolute atomic E-state index is 0.191. The van der Waals surface area contributed by atoms with Gasteiger partial charge in [-0.2, -0.15) is 0 Å². The van der Waals surface area contributed by atoms with Gasteiger partial charge in [-0.15, -0.1) is 0 Å². The van der Waals surface area contributed by atoms with Crippen molar-refractivity contribution in [3.63, 3.8) is 0 Å². The number of carbonyl (C=O) groups is 4. The molecule has 1 atom stereocenters. The molecule has 9 heteroatoms. The Hall–Kier alpha value is -4.19. The summed E-state index contributed by atoms with van der Waals surface area (Å²) in [4.78, 5) is 57.2. The third kappa shape index (κ3) is 4.67. The topological polar surface area (TPSA) is 109 Å². The number of benzene rings is 1. The molecule has 0 spiro atoms. The molecule has 1 N–H and O–H groups in total. The van der Waals surface area contributed by atoms with Crippen molar-refractivity contribution in [3.05, 3.63) is 52.8 Å². The average Bonchev–Trinajstić information content (AvgIpc) is 3.81. The largest absolute Gasteiger partial charge is 0.419 e. The zero-order valence-corrected chi connectivity index (χ0v) is 20.5. The molecule has 0 radical (unpaired) electrons. The summed E-state index contributed by atoms with van der Waals surface area (Å²) in [5, 5.41) is 2.29. The number of hydrogen-bond acceptors (Lipinski definition) is 6. The molecule has 6 rings (SSSR count). The molecule has 188 valence electrons. The van der Waals surface area contributed by atoms with Crippen molar-refractivity contribution in [2.24, 2.45) is 5.92 Å². The normalized spacial score (nSPS) is 20.6. The Balaban J connectivity index is 1.16. The summed E-state index contributed by atoms with van der Waals surface area (Å²) in [6.07, 6.45) is 6.03. The molecule has 4 amide bonds. The van der Waals surface area contributed by atoms with Gasteiger partial charge in [0.1, 0.15) is 11.8 Å². The van der Waals surface area contributed by atoms with E-state index in [-0.39, 0.29) is 37.0 Å². The van der Waals surface area contributed by atoms with Gasteiger partial charge in [0.25, 0.3) is 5.91 Å². The number of aromatic nitrogens is 1. The molecular formula is C28H26N4O5. The number of carbonyl (C=O) groups excluding carboxylic acids is 4. The SMILES string of the molecule is CN(C(=O)Oc1ccc2c(c1)C(=O)N(C1CCC(=O)NC1=O)C2)c1cnc(C2CC2)c(C#CC2CC2)c1. The van der Waals surface area contributed by atoms with Gasteiger partial charge in [-0.25, -0.2) is 4.79 Å². The van der Waals surface area contributed by atoms with Crippen LogP contribution >= 0.6 is 0 Å². The van der Waals surface area contributed by atoms with E-state index < -0.39 is 18.0 Å². The molecule has 9 nitrogen and oxygen atoms in total. The number of nitrogens with zero attached hydrogens (tertiary/aromatic N) is 3. The fraction of sp³-hybridized carbons (Fsp3) is 0.393. The summed E-state index contributed by atoms with van der Waals surface area (Å²) in [7, 11) is 1.61. The van der Waals surface area contributed by atoms with Gasteiger partial charge in [0.05, 0.1) is 17.6 Å². The number of ether oxygens (including phenoxy) is 1. The number of rotatable bonds is 4. The molecule has 4 aliphatic rings. The zero-order valence-electron chi connectivity index (χ0n) is 20.5. The number of piperidine rings is 1. The second-order valence-electron chi connectivity index (χ2n) is 10.1. The molecule has 1 saturated heterocycles. The predicted molar refractivity (Wildman–Crippen MR) is 133 cm³/mol. The molecule has 0 bridgehead atoms. The van der Waals surface area contributed by atoms with Crippen LogP contribution in [-0.2, 0) is 16.1 Å². The highest BCUT2D eigenvalue weighted by Gasteiger charge is 2.39. The van der Waals surface area contributed by atoms with E-state index in [0.717, 1.165) is 42.5 Å². The Morgan fingerprint density at radius 1 is 1.14 bits per heavy atom. The molecule has 37 heavy (non-hydrogen) atoms. The molecule has 2 aromatic rings. The summed E-state index contributed by atoms with van der Waals surface area (Å²) >= 11 is 0. The van der Waals surface area contributed by atoms with Crippen LogP contribution in [0.2, 0.25) is 0 Å². The van der Waals surface area contributed by atoms with Crippen LogP contribution in [0.5, 0.6) is 5.75 Å². The summed E-state index contributed by atoms with van der Waals surface area (Å²) in [5.74, 6) is 6.57. The lowest BCUT2D eigenvalue weighted by Gasteiger charge is -2.29. The third-order valence-corrected chi connectivity index (χ3v) is 7.22. The smallest absolute Gasteiger partial charge is 0.410 e. The van der Waals surface area contributed by atoms with E-state index in [1.54, 1.807) is 25.4 Å². The Morgan fingerprint density at radius 3 is 2.68 bits per heavy atom. The fourth-order valence-corrected chi connectivity index (χ4v) is 4.71. The highest BCUT2D eigenvalue weighted by molar-refractivity contribution is 6.05. The molecule has 1 unspecified atom stereocenters. The second-order valence-corrected chi connectivity index (χ2v) is 10.1. The number of anilines is 1. The second kappa shape index (κ2) is 9.04. The number of hydrogen-bond donors (Lipinski definition) is 1. The Bertz CT molecular complexity index is 1400. The minimum atomic E-state index is -0.696. The van der Waals surface area contributed by atoms with Crippen molar-refractivity contribution in [2.75, 3.05) is 11.9 Å². The van der Waals surface area contributed by atoms with Crippen LogP contribution in [0.25, 0.3) is 0 Å². The van der Waals surface area contributed by atoms with E-state index in [1.807, 2.05) is 6.07 Å². The van der Waals surface area contributed by atoms with Crippen molar-refractivity contribution in [1.82, 2.24) is 15.2 Å². The summed E-state index contributed by atoms with van der Waals surface area (Å²) < 4.78 is 5.59. The van der Waals surface area contributed by atoms with Gasteiger partial charge in [0, 0.05) is 43.0 Å². The maximum Gasteiger partial charge on any atom is 0.419 e. The predicted octanol–water partition coefficient (Wildman–Crippen LogP) is 3.12. The molecule has 1 aromatic heterocycles. The number of amides is 4. The average molecular weight is 499 g/mol. The van der Waals surface area contributed by atoms with Crippen LogP contribution in [0.1, 0.15) is 71.6 Å². The molecule has 2 saturated carbocycles. The molecule has 2 aliphatic carbocycles. The van der Waals surface area contributed by atoms with Crippen LogP contribution < -0.4 is 15.0 Å². The van der Waals surface area contributed by atoms with Gasteiger partial charge in [0.15, 0.2) is 0 Å². The van der Waals surface area contributed by atoms with Gasteiger partial charge in [-0.3, -0.25) is 29.6 Å². The third-order valence-electron chi connectivity index (χ3n) is 7.22. The standard InChI is InChI=1S/C28H26N4O5/c1-31(20-12-18(5-4-16-2-3-16)25(29-14-20)17-6-7-17)28(36)37-21-9-8-19-15-32(27(35)22(19)13-21)23-10-11-24(33)30-26(23)34/h8-9,12-14,16-17,23H,2-3,6-7,10-11,15H2,1H3,(H,30,33,34). The first-order chi connectivity index (χ1) is 17.9. The van der Waals surface area contributed by atoms with Crippen molar-refractivity contribution in [1.29, 1.82) is 0 Å². The number of imide groups is 1. The maximum absolute atomic E-state index is 13.0. The number of nitrogens with one attached hydrogen (secondary N) is 1. The van der Waals surface area contributed by atoms with Crippen LogP contribution in [0.15, 0.2) is 30.5 Å². The van der Waals surface area contributed by atoms with E-state index in [2.05, 4.69) is 22.1 Å². The minimum Gasteiger partial charge on any atom is -0.410 e. The zero-order chi connectivity index (χ0) is 25.7. The van der Waals surface area contributed by atoms with E-state index in [4.69, 9.17) is 4.74 Å². The molecule has 3 fully saturated rings. The summed E-state index contributed by atoms with van der Waals surface area (Å²) in [6.45, 7) is 0.262. The first kappa shape index (κ1) is 23.2. The number of fused-ring (bicyclic) bond motifs is 1. The summed E-state index contributed by atoms with van der Waals surface area (Å²) in [6, 6.07) is 6.07. The Morgan fingerprint density at radius 2 is 1.95 bits per heavy atom.